The van der Waals surface area contributed by atoms with Gasteiger partial charge in [-0.3, -0.25) is 0 Å². The molecule has 0 spiro atoms. The van der Waals surface area contributed by atoms with Gasteiger partial charge in [0.1, 0.15) is 11.2 Å². The summed E-state index contributed by atoms with van der Waals surface area (Å²) >= 11 is 1.86. The predicted molar refractivity (Wildman–Crippen MR) is 236 cm³/mol. The van der Waals surface area contributed by atoms with Gasteiger partial charge in [0, 0.05) is 64.1 Å². The number of benzene rings is 8. The van der Waals surface area contributed by atoms with Crippen LogP contribution in [0, 0.1) is 0 Å². The summed E-state index contributed by atoms with van der Waals surface area (Å²) in [6, 6.07) is 63.8. The smallest absolute Gasteiger partial charge is 0.164 e. The Bertz CT molecular complexity index is 3460. The van der Waals surface area contributed by atoms with Crippen molar-refractivity contribution in [3.63, 3.8) is 0 Å². The molecular weight excluding hydrogens is 717 g/mol. The molecule has 0 amide bonds. The van der Waals surface area contributed by atoms with E-state index in [0.717, 1.165) is 55.4 Å². The standard InChI is InChI=1S/C51H30N4OS/c1-4-12-31(13-5-1)49-52-50(32-14-6-2-7-15-32)54-51(53-49)35-20-23-37-41-29-34(22-26-43(41)56-44(37)30-35)33-21-25-42-40(28-33)38-24-27-46-47(39-18-10-11-19-45(39)57-46)48(38)55(42)36-16-8-3-9-17-36/h1-30H. The van der Waals surface area contributed by atoms with Crippen LogP contribution in [0.5, 0.6) is 0 Å². The Labute approximate surface area is 330 Å². The summed E-state index contributed by atoms with van der Waals surface area (Å²) < 4.78 is 11.6. The highest BCUT2D eigenvalue weighted by atomic mass is 32.1. The molecule has 8 aromatic carbocycles. The molecular formula is C51H30N4OS. The monoisotopic (exact) mass is 746 g/mol. The Kier molecular flexibility index (Phi) is 7.03. The van der Waals surface area contributed by atoms with Gasteiger partial charge in [0.15, 0.2) is 17.5 Å². The summed E-state index contributed by atoms with van der Waals surface area (Å²) in [4.78, 5) is 14.8. The van der Waals surface area contributed by atoms with Gasteiger partial charge in [-0.2, -0.15) is 0 Å². The first-order chi connectivity index (χ1) is 28.2. The Morgan fingerprint density at radius 3 is 1.72 bits per heavy atom. The molecule has 0 aliphatic heterocycles. The van der Waals surface area contributed by atoms with E-state index in [2.05, 4.69) is 120 Å². The molecule has 0 N–H and O–H groups in total. The number of thiophene rings is 1. The van der Waals surface area contributed by atoms with Gasteiger partial charge in [-0.15, -0.1) is 11.3 Å². The Balaban J connectivity index is 0.996. The highest BCUT2D eigenvalue weighted by molar-refractivity contribution is 7.26. The van der Waals surface area contributed by atoms with Crippen molar-refractivity contribution in [2.24, 2.45) is 0 Å². The normalized spacial score (nSPS) is 11.9. The lowest BCUT2D eigenvalue weighted by atomic mass is 10.00. The number of hydrogen-bond acceptors (Lipinski definition) is 5. The van der Waals surface area contributed by atoms with E-state index < -0.39 is 0 Å². The van der Waals surface area contributed by atoms with Crippen molar-refractivity contribution in [2.75, 3.05) is 0 Å². The van der Waals surface area contributed by atoms with Crippen LogP contribution in [0.3, 0.4) is 0 Å². The third kappa shape index (κ3) is 5.12. The zero-order valence-electron chi connectivity index (χ0n) is 30.4. The van der Waals surface area contributed by atoms with Gasteiger partial charge in [-0.05, 0) is 71.8 Å². The Morgan fingerprint density at radius 2 is 0.982 bits per heavy atom. The van der Waals surface area contributed by atoms with Crippen LogP contribution in [0.15, 0.2) is 186 Å². The van der Waals surface area contributed by atoms with Gasteiger partial charge >= 0.3 is 0 Å². The fourth-order valence-corrected chi connectivity index (χ4v) is 9.48. The van der Waals surface area contributed by atoms with Crippen LogP contribution >= 0.6 is 11.3 Å². The number of fused-ring (bicyclic) bond motifs is 10. The average Bonchev–Trinajstić information content (AvgIpc) is 3.95. The first-order valence-corrected chi connectivity index (χ1v) is 19.8. The minimum Gasteiger partial charge on any atom is -0.456 e. The summed E-state index contributed by atoms with van der Waals surface area (Å²) in [5.41, 5.74) is 10.3. The van der Waals surface area contributed by atoms with E-state index in [0.29, 0.717) is 17.5 Å². The molecule has 0 aliphatic carbocycles. The van der Waals surface area contributed by atoms with Crippen LogP contribution in [0.25, 0.3) is 115 Å². The molecule has 0 saturated heterocycles. The van der Waals surface area contributed by atoms with Crippen molar-refractivity contribution >= 4 is 75.3 Å². The number of para-hydroxylation sites is 1. The molecule has 5 nitrogen and oxygen atoms in total. The molecule has 57 heavy (non-hydrogen) atoms. The summed E-state index contributed by atoms with van der Waals surface area (Å²) in [6.45, 7) is 0. The lowest BCUT2D eigenvalue weighted by molar-refractivity contribution is 0.669. The van der Waals surface area contributed by atoms with E-state index in [9.17, 15) is 0 Å². The van der Waals surface area contributed by atoms with Crippen LogP contribution in [0.4, 0.5) is 0 Å². The van der Waals surface area contributed by atoms with E-state index in [4.69, 9.17) is 19.4 Å². The predicted octanol–water partition coefficient (Wildman–Crippen LogP) is 13.9. The summed E-state index contributed by atoms with van der Waals surface area (Å²) in [5, 5.41) is 7.20. The van der Waals surface area contributed by atoms with Gasteiger partial charge in [0.05, 0.1) is 11.0 Å². The van der Waals surface area contributed by atoms with E-state index >= 15 is 0 Å². The molecule has 266 valence electrons. The highest BCUT2D eigenvalue weighted by Gasteiger charge is 2.20. The molecule has 0 aliphatic rings. The van der Waals surface area contributed by atoms with Gasteiger partial charge < -0.3 is 8.98 Å². The second kappa shape index (κ2) is 12.6. The summed E-state index contributed by atoms with van der Waals surface area (Å²) in [7, 11) is 0. The van der Waals surface area contributed by atoms with Crippen molar-refractivity contribution in [3.05, 3.63) is 182 Å². The topological polar surface area (TPSA) is 56.7 Å². The van der Waals surface area contributed by atoms with Crippen molar-refractivity contribution in [1.29, 1.82) is 0 Å². The maximum Gasteiger partial charge on any atom is 0.164 e. The van der Waals surface area contributed by atoms with E-state index in [1.54, 1.807) is 0 Å². The largest absolute Gasteiger partial charge is 0.456 e. The maximum atomic E-state index is 6.51. The van der Waals surface area contributed by atoms with Crippen molar-refractivity contribution in [2.45, 2.75) is 0 Å². The number of hydrogen-bond donors (Lipinski definition) is 0. The molecule has 0 saturated carbocycles. The molecule has 0 atom stereocenters. The second-order valence-corrected chi connectivity index (χ2v) is 15.5. The third-order valence-corrected chi connectivity index (χ3v) is 12.2. The number of aromatic nitrogens is 4. The molecule has 4 heterocycles. The SMILES string of the molecule is c1ccc(-c2nc(-c3ccccc3)nc(-c3ccc4c(c3)oc3ccc(-c5ccc6c(c5)c5ccc7sc8ccccc8c7c5n6-c5ccccc5)cc34)n2)cc1. The van der Waals surface area contributed by atoms with E-state index in [1.807, 2.05) is 78.1 Å². The molecule has 6 heteroatoms. The van der Waals surface area contributed by atoms with Crippen molar-refractivity contribution in [3.8, 4) is 51.0 Å². The Hall–Kier alpha value is -7.41. The molecule has 12 aromatic rings. The number of furan rings is 1. The van der Waals surface area contributed by atoms with Gasteiger partial charge in [0.2, 0.25) is 0 Å². The van der Waals surface area contributed by atoms with Crippen LogP contribution in [0.1, 0.15) is 0 Å². The van der Waals surface area contributed by atoms with Crippen LogP contribution in [-0.2, 0) is 0 Å². The van der Waals surface area contributed by atoms with Crippen LogP contribution in [0.2, 0.25) is 0 Å². The zero-order chi connectivity index (χ0) is 37.5. The first-order valence-electron chi connectivity index (χ1n) is 19.0. The fourth-order valence-electron chi connectivity index (χ4n) is 8.37. The van der Waals surface area contributed by atoms with E-state index in [1.165, 1.54) is 42.0 Å². The number of nitrogens with zero attached hydrogens (tertiary/aromatic N) is 4. The van der Waals surface area contributed by atoms with Crippen LogP contribution < -0.4 is 0 Å². The van der Waals surface area contributed by atoms with Crippen molar-refractivity contribution in [1.82, 2.24) is 19.5 Å². The summed E-state index contributed by atoms with van der Waals surface area (Å²) in [6.07, 6.45) is 0. The van der Waals surface area contributed by atoms with Crippen molar-refractivity contribution < 1.29 is 4.42 Å². The summed E-state index contributed by atoms with van der Waals surface area (Å²) in [5.74, 6) is 1.86. The third-order valence-electron chi connectivity index (χ3n) is 11.0. The minimum absolute atomic E-state index is 0.599. The van der Waals surface area contributed by atoms with Gasteiger partial charge in [-0.25, -0.2) is 15.0 Å². The molecule has 0 unspecified atom stereocenters. The van der Waals surface area contributed by atoms with Crippen LogP contribution in [-0.4, -0.2) is 19.5 Å². The zero-order valence-corrected chi connectivity index (χ0v) is 31.2. The van der Waals surface area contributed by atoms with Gasteiger partial charge in [-0.1, -0.05) is 121 Å². The minimum atomic E-state index is 0.599. The second-order valence-electron chi connectivity index (χ2n) is 14.4. The average molecular weight is 747 g/mol. The highest BCUT2D eigenvalue weighted by Crippen LogP contribution is 2.44. The molecule has 0 radical (unpaired) electrons. The lowest BCUT2D eigenvalue weighted by Crippen LogP contribution is -2.00. The quantitative estimate of drug-likeness (QED) is 0.176. The molecule has 4 aromatic heterocycles. The Morgan fingerprint density at radius 1 is 0.386 bits per heavy atom. The number of rotatable bonds is 5. The fraction of sp³-hybridized carbons (Fsp3) is 0. The molecule has 12 rings (SSSR count). The first kappa shape index (κ1) is 31.9. The molecule has 0 bridgehead atoms. The van der Waals surface area contributed by atoms with Gasteiger partial charge in [0.25, 0.3) is 0 Å². The molecule has 0 fully saturated rings. The van der Waals surface area contributed by atoms with E-state index in [-0.39, 0.29) is 0 Å². The maximum absolute atomic E-state index is 6.51. The lowest BCUT2D eigenvalue weighted by Gasteiger charge is -2.09.